The van der Waals surface area contributed by atoms with Crippen molar-refractivity contribution in [1.29, 1.82) is 0 Å². The molecule has 2 amide bonds. The van der Waals surface area contributed by atoms with Crippen LogP contribution < -0.4 is 39.6 Å². The molecule has 2 atom stereocenters. The Labute approximate surface area is 251 Å². The molecular weight excluding hydrogens is 507 g/mol. The standard InChI is InChI=1S/C30H34N2O4S.Na/c1-18-15-27(36-13-12-20(3)33)19(2)14-26(18)25-7-5-6-23(21(25)4)17-31-24-10-8-22(9-11-24)16-28-29(34)32-30(35)37-28;/h5-11,14-15,20,28,31,33H,12-13,16-17H2,1-4H3,(H,32,34,35);/q;+1/p-1/t20-,28?;/m1./s1. The molecule has 0 bridgehead atoms. The Balaban J connectivity index is 0.00000400. The average Bonchev–Trinajstić information content (AvgIpc) is 3.17. The fourth-order valence-electron chi connectivity index (χ4n) is 4.40. The van der Waals surface area contributed by atoms with Crippen molar-refractivity contribution >= 4 is 28.6 Å². The number of aryl methyl sites for hydroxylation is 2. The van der Waals surface area contributed by atoms with Crippen LogP contribution in [0.1, 0.15) is 41.2 Å². The van der Waals surface area contributed by atoms with Crippen LogP contribution in [-0.4, -0.2) is 34.2 Å². The van der Waals surface area contributed by atoms with Crippen molar-refractivity contribution in [3.63, 3.8) is 0 Å². The monoisotopic (exact) mass is 540 g/mol. The van der Waals surface area contributed by atoms with Gasteiger partial charge in [0.05, 0.1) is 23.9 Å². The quantitative estimate of drug-likeness (QED) is 0.381. The fourth-order valence-corrected chi connectivity index (χ4v) is 5.22. The van der Waals surface area contributed by atoms with Crippen LogP contribution in [0.5, 0.6) is 5.75 Å². The molecule has 1 saturated heterocycles. The van der Waals surface area contributed by atoms with Crippen molar-refractivity contribution in [3.05, 3.63) is 87.7 Å². The minimum absolute atomic E-state index is 0. The molecule has 2 N–H and O–H groups in total. The van der Waals surface area contributed by atoms with E-state index in [9.17, 15) is 14.7 Å². The maximum absolute atomic E-state index is 11.8. The molecule has 194 valence electrons. The van der Waals surface area contributed by atoms with Gasteiger partial charge in [-0.1, -0.05) is 42.1 Å². The summed E-state index contributed by atoms with van der Waals surface area (Å²) < 4.78 is 5.91. The van der Waals surface area contributed by atoms with Crippen LogP contribution in [0.15, 0.2) is 54.6 Å². The van der Waals surface area contributed by atoms with Gasteiger partial charge in [-0.25, -0.2) is 0 Å². The summed E-state index contributed by atoms with van der Waals surface area (Å²) in [5.74, 6) is 0.522. The molecule has 1 fully saturated rings. The van der Waals surface area contributed by atoms with Crippen molar-refractivity contribution in [3.8, 4) is 16.9 Å². The molecule has 8 heteroatoms. The van der Waals surface area contributed by atoms with Gasteiger partial charge in [0.1, 0.15) is 11.0 Å². The second kappa shape index (κ2) is 13.7. The van der Waals surface area contributed by atoms with Crippen LogP contribution in [0.25, 0.3) is 16.4 Å². The van der Waals surface area contributed by atoms with E-state index in [2.05, 4.69) is 61.7 Å². The molecule has 1 aliphatic heterocycles. The number of carbonyl (C=O) groups is 2. The van der Waals surface area contributed by atoms with Crippen LogP contribution in [0.4, 0.5) is 10.5 Å². The molecule has 1 aliphatic rings. The number of benzene rings is 3. The summed E-state index contributed by atoms with van der Waals surface area (Å²) in [4.78, 5) is 23.1. The van der Waals surface area contributed by atoms with Crippen LogP contribution in [-0.2, 0) is 17.8 Å². The predicted octanol–water partition coefficient (Wildman–Crippen LogP) is 3.72. The second-order valence-corrected chi connectivity index (χ2v) is 10.7. The summed E-state index contributed by atoms with van der Waals surface area (Å²) in [5, 5.41) is 15.7. The smallest absolute Gasteiger partial charge is 0.585 e. The van der Waals surface area contributed by atoms with E-state index in [-0.39, 0.29) is 41.6 Å². The molecular formula is C30H33N2NaO4S. The number of carbonyl (C=O) groups excluding carboxylic acids is 2. The first-order valence-corrected chi connectivity index (χ1v) is 13.4. The van der Waals surface area contributed by atoms with E-state index in [4.69, 9.17) is 4.74 Å². The molecule has 1 heterocycles. The van der Waals surface area contributed by atoms with Gasteiger partial charge in [-0.05, 0) is 97.3 Å². The van der Waals surface area contributed by atoms with Gasteiger partial charge in [-0.2, -0.15) is 0 Å². The Kier molecular flexibility index (Phi) is 10.9. The number of aliphatic hydroxyl groups is 1. The molecule has 6 nitrogen and oxygen atoms in total. The average molecular weight is 541 g/mol. The topological polar surface area (TPSA) is 89.7 Å². The SMILES string of the molecule is Cc1cc(-c2cccc(CNc3ccc(CC4SC(=O)[N-]C4=O)cc3)c2C)c(C)cc1OCC[C@@H](C)O.[Na+]. The number of nitrogens with one attached hydrogen (secondary N) is 1. The number of hydrogen-bond acceptors (Lipinski definition) is 6. The molecule has 0 radical (unpaired) electrons. The van der Waals surface area contributed by atoms with Gasteiger partial charge in [0.2, 0.25) is 0 Å². The number of nitrogens with zero attached hydrogens (tertiary/aromatic N) is 1. The van der Waals surface area contributed by atoms with Gasteiger partial charge < -0.3 is 30.1 Å². The second-order valence-electron chi connectivity index (χ2n) is 9.59. The van der Waals surface area contributed by atoms with E-state index >= 15 is 0 Å². The number of imide groups is 1. The van der Waals surface area contributed by atoms with Crippen molar-refractivity contribution in [2.24, 2.45) is 0 Å². The summed E-state index contributed by atoms with van der Waals surface area (Å²) in [6.45, 7) is 9.25. The van der Waals surface area contributed by atoms with E-state index in [1.807, 2.05) is 24.3 Å². The van der Waals surface area contributed by atoms with Crippen LogP contribution in [0, 0.1) is 20.8 Å². The van der Waals surface area contributed by atoms with Crippen LogP contribution in [0.3, 0.4) is 0 Å². The Morgan fingerprint density at radius 3 is 2.42 bits per heavy atom. The van der Waals surface area contributed by atoms with Gasteiger partial charge in [-0.3, -0.25) is 0 Å². The number of anilines is 1. The zero-order valence-corrected chi connectivity index (χ0v) is 25.5. The zero-order chi connectivity index (χ0) is 26.5. The predicted molar refractivity (Wildman–Crippen MR) is 150 cm³/mol. The minimum atomic E-state index is -0.409. The Morgan fingerprint density at radius 1 is 1.03 bits per heavy atom. The first-order chi connectivity index (χ1) is 17.7. The maximum Gasteiger partial charge on any atom is 1.00 e. The summed E-state index contributed by atoms with van der Waals surface area (Å²) in [6, 6.07) is 18.6. The van der Waals surface area contributed by atoms with E-state index in [1.165, 1.54) is 22.3 Å². The number of hydrogen-bond donors (Lipinski definition) is 2. The third-order valence-corrected chi connectivity index (χ3v) is 7.58. The van der Waals surface area contributed by atoms with Crippen molar-refractivity contribution in [2.75, 3.05) is 11.9 Å². The molecule has 38 heavy (non-hydrogen) atoms. The first kappa shape index (κ1) is 30.3. The Bertz CT molecular complexity index is 1290. The summed E-state index contributed by atoms with van der Waals surface area (Å²) >= 11 is 1.00. The third-order valence-electron chi connectivity index (χ3n) is 6.63. The van der Waals surface area contributed by atoms with E-state index in [0.717, 1.165) is 39.9 Å². The van der Waals surface area contributed by atoms with Crippen LogP contribution >= 0.6 is 11.8 Å². The minimum Gasteiger partial charge on any atom is -0.585 e. The number of amides is 2. The largest absolute Gasteiger partial charge is 1.00 e. The Morgan fingerprint density at radius 2 is 1.76 bits per heavy atom. The molecule has 1 unspecified atom stereocenters. The summed E-state index contributed by atoms with van der Waals surface area (Å²) in [7, 11) is 0. The van der Waals surface area contributed by atoms with E-state index in [0.29, 0.717) is 26.0 Å². The van der Waals surface area contributed by atoms with E-state index in [1.54, 1.807) is 6.92 Å². The molecule has 0 aromatic heterocycles. The van der Waals surface area contributed by atoms with E-state index < -0.39 is 10.5 Å². The van der Waals surface area contributed by atoms with Gasteiger partial charge in [0.25, 0.3) is 0 Å². The summed E-state index contributed by atoms with van der Waals surface area (Å²) in [5.41, 5.74) is 9.04. The van der Waals surface area contributed by atoms with Gasteiger partial charge in [0.15, 0.2) is 0 Å². The number of aliphatic hydroxyl groups excluding tert-OH is 1. The normalized spacial score (nSPS) is 15.6. The Hall–Kier alpha value is -2.29. The molecule has 0 saturated carbocycles. The molecule has 0 aliphatic carbocycles. The molecule has 3 aromatic rings. The summed E-state index contributed by atoms with van der Waals surface area (Å²) in [6.07, 6.45) is 0.735. The van der Waals surface area contributed by atoms with Crippen LogP contribution in [0.2, 0.25) is 0 Å². The molecule has 0 spiro atoms. The van der Waals surface area contributed by atoms with Crippen molar-refractivity contribution < 1.29 is 49.0 Å². The van der Waals surface area contributed by atoms with Crippen molar-refractivity contribution in [1.82, 2.24) is 0 Å². The zero-order valence-electron chi connectivity index (χ0n) is 22.7. The maximum atomic E-state index is 11.8. The molecule has 4 rings (SSSR count). The van der Waals surface area contributed by atoms with Gasteiger partial charge >= 0.3 is 29.6 Å². The molecule has 3 aromatic carbocycles. The number of thioether (sulfide) groups is 1. The fraction of sp³-hybridized carbons (Fsp3) is 0.333. The van der Waals surface area contributed by atoms with Gasteiger partial charge in [0, 0.05) is 18.7 Å². The van der Waals surface area contributed by atoms with Crippen molar-refractivity contribution in [2.45, 2.75) is 58.4 Å². The first-order valence-electron chi connectivity index (χ1n) is 12.5. The number of ether oxygens (including phenoxy) is 1. The third kappa shape index (κ3) is 7.64. The van der Waals surface area contributed by atoms with Gasteiger partial charge in [-0.15, -0.1) is 0 Å². The number of rotatable bonds is 10.